The van der Waals surface area contributed by atoms with Gasteiger partial charge in [0, 0.05) is 12.6 Å². The molecule has 0 aromatic heterocycles. The maximum absolute atomic E-state index is 10.4. The highest BCUT2D eigenvalue weighted by Crippen LogP contribution is 2.12. The summed E-state index contributed by atoms with van der Waals surface area (Å²) in [6.07, 6.45) is 1.62. The Morgan fingerprint density at radius 3 is 2.27 bits per heavy atom. The number of aliphatic carboxylic acids is 1. The van der Waals surface area contributed by atoms with Gasteiger partial charge in [0.25, 0.3) is 0 Å². The molecule has 15 heavy (non-hydrogen) atoms. The van der Waals surface area contributed by atoms with E-state index in [1.54, 1.807) is 0 Å². The smallest absolute Gasteiger partial charge is 0.304 e. The fraction of sp³-hybridized carbons (Fsp3) is 0.909. The molecule has 4 heteroatoms. The van der Waals surface area contributed by atoms with Crippen LogP contribution < -0.4 is 5.32 Å². The van der Waals surface area contributed by atoms with Crippen molar-refractivity contribution in [2.75, 3.05) is 6.54 Å². The monoisotopic (exact) mass is 217 g/mol. The van der Waals surface area contributed by atoms with Crippen LogP contribution in [0.2, 0.25) is 0 Å². The van der Waals surface area contributed by atoms with Gasteiger partial charge in [0.2, 0.25) is 0 Å². The number of nitrogens with one attached hydrogen (secondary N) is 1. The summed E-state index contributed by atoms with van der Waals surface area (Å²) < 4.78 is 0. The van der Waals surface area contributed by atoms with Crippen LogP contribution in [0.1, 0.15) is 40.0 Å². The Kier molecular flexibility index (Phi) is 7.34. The fourth-order valence-electron chi connectivity index (χ4n) is 1.66. The lowest BCUT2D eigenvalue weighted by atomic mass is 9.96. The first-order chi connectivity index (χ1) is 7.01. The second-order valence-corrected chi connectivity index (χ2v) is 4.05. The molecular formula is C11H23NO3. The SMILES string of the molecule is CCC(CC)C(O)CNC(C)CC(=O)O. The van der Waals surface area contributed by atoms with Gasteiger partial charge >= 0.3 is 5.97 Å². The van der Waals surface area contributed by atoms with E-state index >= 15 is 0 Å². The van der Waals surface area contributed by atoms with Crippen molar-refractivity contribution < 1.29 is 15.0 Å². The molecule has 2 atom stereocenters. The molecule has 0 aliphatic carbocycles. The molecule has 0 saturated carbocycles. The lowest BCUT2D eigenvalue weighted by Gasteiger charge is -2.22. The largest absolute Gasteiger partial charge is 0.481 e. The predicted molar refractivity (Wildman–Crippen MR) is 59.8 cm³/mol. The second-order valence-electron chi connectivity index (χ2n) is 4.05. The van der Waals surface area contributed by atoms with Gasteiger partial charge in [-0.2, -0.15) is 0 Å². The van der Waals surface area contributed by atoms with Crippen LogP contribution in [0.5, 0.6) is 0 Å². The normalized spacial score (nSPS) is 15.3. The Labute approximate surface area is 91.7 Å². The maximum Gasteiger partial charge on any atom is 0.304 e. The molecule has 0 saturated heterocycles. The van der Waals surface area contributed by atoms with Crippen LogP contribution >= 0.6 is 0 Å². The third-order valence-electron chi connectivity index (χ3n) is 2.75. The van der Waals surface area contributed by atoms with Gasteiger partial charge in [-0.05, 0) is 12.8 Å². The summed E-state index contributed by atoms with van der Waals surface area (Å²) in [4.78, 5) is 10.4. The summed E-state index contributed by atoms with van der Waals surface area (Å²) in [5.41, 5.74) is 0. The minimum absolute atomic E-state index is 0.0912. The van der Waals surface area contributed by atoms with E-state index in [2.05, 4.69) is 19.2 Å². The zero-order chi connectivity index (χ0) is 11.8. The Balaban J connectivity index is 3.78. The molecule has 3 N–H and O–H groups in total. The zero-order valence-corrected chi connectivity index (χ0v) is 9.86. The van der Waals surface area contributed by atoms with E-state index in [0.717, 1.165) is 12.8 Å². The van der Waals surface area contributed by atoms with Gasteiger partial charge in [-0.3, -0.25) is 4.79 Å². The standard InChI is InChI=1S/C11H23NO3/c1-4-9(5-2)10(13)7-12-8(3)6-11(14)15/h8-10,12-13H,4-7H2,1-3H3,(H,14,15). The van der Waals surface area contributed by atoms with E-state index in [-0.39, 0.29) is 18.6 Å². The number of carboxylic acid groups (broad SMARTS) is 1. The third kappa shape index (κ3) is 6.47. The van der Waals surface area contributed by atoms with E-state index in [4.69, 9.17) is 5.11 Å². The van der Waals surface area contributed by atoms with E-state index in [1.165, 1.54) is 0 Å². The number of aliphatic hydroxyl groups excluding tert-OH is 1. The van der Waals surface area contributed by atoms with Gasteiger partial charge in [-0.25, -0.2) is 0 Å². The average Bonchev–Trinajstić information content (AvgIpc) is 2.15. The number of hydrogen-bond acceptors (Lipinski definition) is 3. The zero-order valence-electron chi connectivity index (χ0n) is 9.86. The molecule has 0 heterocycles. The average molecular weight is 217 g/mol. The van der Waals surface area contributed by atoms with Gasteiger partial charge in [-0.15, -0.1) is 0 Å². The van der Waals surface area contributed by atoms with Crippen molar-refractivity contribution in [1.29, 1.82) is 0 Å². The highest BCUT2D eigenvalue weighted by atomic mass is 16.4. The van der Waals surface area contributed by atoms with Gasteiger partial charge in [0.1, 0.15) is 0 Å². The first-order valence-corrected chi connectivity index (χ1v) is 5.64. The Morgan fingerprint density at radius 2 is 1.87 bits per heavy atom. The van der Waals surface area contributed by atoms with E-state index < -0.39 is 5.97 Å². The number of aliphatic hydroxyl groups is 1. The van der Waals surface area contributed by atoms with Crippen LogP contribution in [-0.2, 0) is 4.79 Å². The molecule has 0 aliphatic rings. The lowest BCUT2D eigenvalue weighted by molar-refractivity contribution is -0.137. The van der Waals surface area contributed by atoms with Gasteiger partial charge in [0.15, 0.2) is 0 Å². The van der Waals surface area contributed by atoms with E-state index in [0.29, 0.717) is 12.5 Å². The molecule has 0 fully saturated rings. The molecule has 0 spiro atoms. The van der Waals surface area contributed by atoms with Crippen LogP contribution in [0.25, 0.3) is 0 Å². The molecule has 0 radical (unpaired) electrons. The topological polar surface area (TPSA) is 69.6 Å². The minimum Gasteiger partial charge on any atom is -0.481 e. The second kappa shape index (κ2) is 7.65. The van der Waals surface area contributed by atoms with Crippen LogP contribution in [0, 0.1) is 5.92 Å². The summed E-state index contributed by atoms with van der Waals surface area (Å²) >= 11 is 0. The molecule has 2 unspecified atom stereocenters. The van der Waals surface area contributed by atoms with E-state index in [9.17, 15) is 9.90 Å². The Morgan fingerprint density at radius 1 is 1.33 bits per heavy atom. The highest BCUT2D eigenvalue weighted by molar-refractivity contribution is 5.67. The Hall–Kier alpha value is -0.610. The Bertz CT molecular complexity index is 181. The molecule has 0 aromatic carbocycles. The fourth-order valence-corrected chi connectivity index (χ4v) is 1.66. The number of carboxylic acids is 1. The third-order valence-corrected chi connectivity index (χ3v) is 2.75. The van der Waals surface area contributed by atoms with Crippen molar-refractivity contribution in [2.45, 2.75) is 52.2 Å². The molecule has 0 amide bonds. The summed E-state index contributed by atoms with van der Waals surface area (Å²) in [6, 6.07) is -0.0912. The van der Waals surface area contributed by atoms with Gasteiger partial charge < -0.3 is 15.5 Å². The molecule has 0 rings (SSSR count). The van der Waals surface area contributed by atoms with Crippen LogP contribution in [0.4, 0.5) is 0 Å². The van der Waals surface area contributed by atoms with Crippen molar-refractivity contribution in [1.82, 2.24) is 5.32 Å². The van der Waals surface area contributed by atoms with E-state index in [1.807, 2.05) is 6.92 Å². The van der Waals surface area contributed by atoms with Crippen LogP contribution in [-0.4, -0.2) is 34.9 Å². The van der Waals surface area contributed by atoms with Crippen LogP contribution in [0.3, 0.4) is 0 Å². The van der Waals surface area contributed by atoms with Crippen molar-refractivity contribution in [3.8, 4) is 0 Å². The summed E-state index contributed by atoms with van der Waals surface area (Å²) in [7, 11) is 0. The molecule has 0 bridgehead atoms. The van der Waals surface area contributed by atoms with Crippen molar-refractivity contribution in [3.05, 3.63) is 0 Å². The highest BCUT2D eigenvalue weighted by Gasteiger charge is 2.16. The lowest BCUT2D eigenvalue weighted by Crippen LogP contribution is -2.38. The number of rotatable bonds is 8. The predicted octanol–water partition coefficient (Wildman–Crippen LogP) is 1.24. The van der Waals surface area contributed by atoms with Gasteiger partial charge in [-0.1, -0.05) is 26.7 Å². The number of hydrogen-bond donors (Lipinski definition) is 3. The first-order valence-electron chi connectivity index (χ1n) is 5.64. The number of carbonyl (C=O) groups is 1. The quantitative estimate of drug-likeness (QED) is 0.572. The molecule has 4 nitrogen and oxygen atoms in total. The maximum atomic E-state index is 10.4. The summed E-state index contributed by atoms with van der Waals surface area (Å²) in [5, 5.41) is 21.4. The minimum atomic E-state index is -0.813. The summed E-state index contributed by atoms with van der Waals surface area (Å²) in [6.45, 7) is 6.39. The molecule has 0 aromatic rings. The van der Waals surface area contributed by atoms with Gasteiger partial charge in [0.05, 0.1) is 12.5 Å². The van der Waals surface area contributed by atoms with Crippen LogP contribution in [0.15, 0.2) is 0 Å². The molecule has 90 valence electrons. The molecule has 0 aliphatic heterocycles. The van der Waals surface area contributed by atoms with Crippen molar-refractivity contribution in [3.63, 3.8) is 0 Å². The summed E-state index contributed by atoms with van der Waals surface area (Å²) in [5.74, 6) is -0.512. The molecular weight excluding hydrogens is 194 g/mol. The first kappa shape index (κ1) is 14.4. The van der Waals surface area contributed by atoms with Crippen molar-refractivity contribution >= 4 is 5.97 Å². The van der Waals surface area contributed by atoms with Crippen molar-refractivity contribution in [2.24, 2.45) is 5.92 Å².